The minimum Gasteiger partial charge on any atom is -0.375 e. The van der Waals surface area contributed by atoms with Crippen molar-refractivity contribution >= 4 is 0 Å². The van der Waals surface area contributed by atoms with Crippen molar-refractivity contribution in [3.63, 3.8) is 0 Å². The number of hydrogen-bond acceptors (Lipinski definition) is 3. The van der Waals surface area contributed by atoms with Gasteiger partial charge >= 0.3 is 0 Å². The van der Waals surface area contributed by atoms with Gasteiger partial charge in [0.25, 0.3) is 0 Å². The van der Waals surface area contributed by atoms with Crippen molar-refractivity contribution in [1.82, 2.24) is 5.43 Å². The van der Waals surface area contributed by atoms with Crippen molar-refractivity contribution in [2.24, 2.45) is 17.7 Å². The van der Waals surface area contributed by atoms with Gasteiger partial charge in [-0.15, -0.1) is 0 Å². The zero-order valence-electron chi connectivity index (χ0n) is 11.8. The third-order valence-corrected chi connectivity index (χ3v) is 4.37. The third kappa shape index (κ3) is 3.14. The molecule has 4 heteroatoms. The monoisotopic (exact) mass is 266 g/mol. The van der Waals surface area contributed by atoms with E-state index in [1.54, 1.807) is 0 Å². The van der Waals surface area contributed by atoms with E-state index < -0.39 is 0 Å². The molecule has 1 aromatic rings. The van der Waals surface area contributed by atoms with Gasteiger partial charge in [0.15, 0.2) is 0 Å². The number of nitrogens with two attached hydrogens (primary N) is 1. The zero-order chi connectivity index (χ0) is 14.0. The SMILES string of the molecule is CC1OC(C)C(C(Cc2ccc(F)cc2)NN)C1C. The van der Waals surface area contributed by atoms with Crippen LogP contribution in [0, 0.1) is 17.7 Å². The molecule has 1 aliphatic heterocycles. The number of halogens is 1. The van der Waals surface area contributed by atoms with Crippen LogP contribution in [0.5, 0.6) is 0 Å². The van der Waals surface area contributed by atoms with Gasteiger partial charge in [0.1, 0.15) is 5.82 Å². The summed E-state index contributed by atoms with van der Waals surface area (Å²) in [4.78, 5) is 0. The predicted octanol–water partition coefficient (Wildman–Crippen LogP) is 2.26. The van der Waals surface area contributed by atoms with Crippen LogP contribution in [0.25, 0.3) is 0 Å². The van der Waals surface area contributed by atoms with Crippen molar-refractivity contribution < 1.29 is 9.13 Å². The van der Waals surface area contributed by atoms with Crippen LogP contribution in [0.2, 0.25) is 0 Å². The molecule has 0 spiro atoms. The largest absolute Gasteiger partial charge is 0.375 e. The Kier molecular flexibility index (Phi) is 4.55. The zero-order valence-corrected chi connectivity index (χ0v) is 11.8. The number of hydrazine groups is 1. The highest BCUT2D eigenvalue weighted by molar-refractivity contribution is 5.17. The second kappa shape index (κ2) is 5.99. The summed E-state index contributed by atoms with van der Waals surface area (Å²) >= 11 is 0. The fourth-order valence-corrected chi connectivity index (χ4v) is 3.17. The van der Waals surface area contributed by atoms with E-state index in [9.17, 15) is 4.39 Å². The topological polar surface area (TPSA) is 47.3 Å². The van der Waals surface area contributed by atoms with Crippen molar-refractivity contribution in [1.29, 1.82) is 0 Å². The summed E-state index contributed by atoms with van der Waals surface area (Å²) in [6.07, 6.45) is 1.22. The van der Waals surface area contributed by atoms with Crippen molar-refractivity contribution in [2.45, 2.75) is 45.4 Å². The predicted molar refractivity (Wildman–Crippen MR) is 73.9 cm³/mol. The molecule has 19 heavy (non-hydrogen) atoms. The first kappa shape index (κ1) is 14.4. The number of hydrogen-bond donors (Lipinski definition) is 2. The second-order valence-corrected chi connectivity index (χ2v) is 5.59. The van der Waals surface area contributed by atoms with E-state index in [2.05, 4.69) is 26.2 Å². The molecular weight excluding hydrogens is 243 g/mol. The van der Waals surface area contributed by atoms with Gasteiger partial charge in [-0.25, -0.2) is 4.39 Å². The highest BCUT2D eigenvalue weighted by Gasteiger charge is 2.41. The van der Waals surface area contributed by atoms with E-state index >= 15 is 0 Å². The van der Waals surface area contributed by atoms with Gasteiger partial charge in [0.2, 0.25) is 0 Å². The van der Waals surface area contributed by atoms with Gasteiger partial charge in [-0.3, -0.25) is 11.3 Å². The van der Waals surface area contributed by atoms with Crippen molar-refractivity contribution in [3.05, 3.63) is 35.6 Å². The first-order valence-corrected chi connectivity index (χ1v) is 6.89. The van der Waals surface area contributed by atoms with E-state index in [1.165, 1.54) is 12.1 Å². The number of rotatable bonds is 4. The lowest BCUT2D eigenvalue weighted by atomic mass is 9.81. The normalized spacial score (nSPS) is 32.5. The Hall–Kier alpha value is -0.970. The number of nitrogens with one attached hydrogen (secondary N) is 1. The molecule has 5 atom stereocenters. The smallest absolute Gasteiger partial charge is 0.123 e. The van der Waals surface area contributed by atoms with Crippen LogP contribution in [0.3, 0.4) is 0 Å². The van der Waals surface area contributed by atoms with Gasteiger partial charge in [0.05, 0.1) is 12.2 Å². The Morgan fingerprint density at radius 1 is 1.21 bits per heavy atom. The fraction of sp³-hybridized carbons (Fsp3) is 0.600. The maximum absolute atomic E-state index is 12.9. The molecule has 0 amide bonds. The van der Waals surface area contributed by atoms with E-state index in [1.807, 2.05) is 12.1 Å². The van der Waals surface area contributed by atoms with E-state index in [4.69, 9.17) is 10.6 Å². The van der Waals surface area contributed by atoms with E-state index in [-0.39, 0.29) is 24.1 Å². The van der Waals surface area contributed by atoms with Gasteiger partial charge in [-0.2, -0.15) is 0 Å². The van der Waals surface area contributed by atoms with Gasteiger partial charge in [0, 0.05) is 12.0 Å². The molecule has 106 valence electrons. The number of ether oxygens (including phenoxy) is 1. The minimum atomic E-state index is -0.208. The third-order valence-electron chi connectivity index (χ3n) is 4.37. The average molecular weight is 266 g/mol. The van der Waals surface area contributed by atoms with Crippen molar-refractivity contribution in [3.8, 4) is 0 Å². The highest BCUT2D eigenvalue weighted by atomic mass is 19.1. The lowest BCUT2D eigenvalue weighted by Gasteiger charge is -2.28. The van der Waals surface area contributed by atoms with Crippen LogP contribution in [0.1, 0.15) is 26.3 Å². The maximum Gasteiger partial charge on any atom is 0.123 e. The van der Waals surface area contributed by atoms with Gasteiger partial charge in [-0.1, -0.05) is 19.1 Å². The summed E-state index contributed by atoms with van der Waals surface area (Å²) in [5.41, 5.74) is 4.00. The van der Waals surface area contributed by atoms with Gasteiger partial charge < -0.3 is 4.74 Å². The Morgan fingerprint density at radius 3 is 2.32 bits per heavy atom. The summed E-state index contributed by atoms with van der Waals surface area (Å²) in [5, 5.41) is 0. The molecule has 0 aliphatic carbocycles. The minimum absolute atomic E-state index is 0.139. The second-order valence-electron chi connectivity index (χ2n) is 5.59. The molecule has 1 saturated heterocycles. The van der Waals surface area contributed by atoms with E-state index in [0.29, 0.717) is 11.8 Å². The molecule has 1 heterocycles. The summed E-state index contributed by atoms with van der Waals surface area (Å²) in [5.74, 6) is 6.33. The molecule has 1 fully saturated rings. The standard InChI is InChI=1S/C15H23FN2O/c1-9-10(2)19-11(3)15(9)14(18-17)8-12-4-6-13(16)7-5-12/h4-7,9-11,14-15,18H,8,17H2,1-3H3. The summed E-state index contributed by atoms with van der Waals surface area (Å²) in [7, 11) is 0. The lowest BCUT2D eigenvalue weighted by molar-refractivity contribution is 0.0476. The quantitative estimate of drug-likeness (QED) is 0.649. The lowest BCUT2D eigenvalue weighted by Crippen LogP contribution is -2.46. The molecular formula is C15H23FN2O. The van der Waals surface area contributed by atoms with Crippen LogP contribution in [-0.2, 0) is 11.2 Å². The van der Waals surface area contributed by atoms with Gasteiger partial charge in [-0.05, 0) is 43.9 Å². The van der Waals surface area contributed by atoms with Crippen LogP contribution in [0.4, 0.5) is 4.39 Å². The molecule has 0 bridgehead atoms. The molecule has 3 nitrogen and oxygen atoms in total. The van der Waals surface area contributed by atoms with Crippen LogP contribution in [-0.4, -0.2) is 18.2 Å². The fourth-order valence-electron chi connectivity index (χ4n) is 3.17. The molecule has 0 saturated carbocycles. The number of benzene rings is 1. The highest BCUT2D eigenvalue weighted by Crippen LogP contribution is 2.35. The Morgan fingerprint density at radius 2 is 1.84 bits per heavy atom. The molecule has 5 unspecified atom stereocenters. The summed E-state index contributed by atoms with van der Waals surface area (Å²) in [6, 6.07) is 6.75. The van der Waals surface area contributed by atoms with E-state index in [0.717, 1.165) is 12.0 Å². The van der Waals surface area contributed by atoms with Crippen LogP contribution < -0.4 is 11.3 Å². The molecule has 1 aliphatic rings. The van der Waals surface area contributed by atoms with Crippen LogP contribution in [0.15, 0.2) is 24.3 Å². The molecule has 3 N–H and O–H groups in total. The summed E-state index contributed by atoms with van der Waals surface area (Å²) < 4.78 is 18.8. The Balaban J connectivity index is 2.09. The molecule has 0 radical (unpaired) electrons. The summed E-state index contributed by atoms with van der Waals surface area (Å²) in [6.45, 7) is 6.40. The first-order chi connectivity index (χ1) is 9.02. The van der Waals surface area contributed by atoms with Crippen LogP contribution >= 0.6 is 0 Å². The molecule has 2 rings (SSSR count). The van der Waals surface area contributed by atoms with Crippen molar-refractivity contribution in [2.75, 3.05) is 0 Å². The Bertz CT molecular complexity index is 409. The first-order valence-electron chi connectivity index (χ1n) is 6.89. The average Bonchev–Trinajstić information content (AvgIpc) is 2.63. The maximum atomic E-state index is 12.9. The molecule has 1 aromatic carbocycles. The Labute approximate surface area is 114 Å². The molecule has 0 aromatic heterocycles.